The Balaban J connectivity index is 1.23. The maximum Gasteiger partial charge on any atom is 0.164 e. The quantitative estimate of drug-likeness (QED) is 0.521. The summed E-state index contributed by atoms with van der Waals surface area (Å²) in [5, 5.41) is 11.5. The van der Waals surface area contributed by atoms with E-state index in [0.29, 0.717) is 23.9 Å². The third-order valence-electron chi connectivity index (χ3n) is 5.09. The highest BCUT2D eigenvalue weighted by Gasteiger charge is 2.26. The van der Waals surface area contributed by atoms with E-state index in [-0.39, 0.29) is 12.2 Å². The minimum atomic E-state index is -0.0493. The highest BCUT2D eigenvalue weighted by molar-refractivity contribution is 5.87. The third kappa shape index (κ3) is 3.79. The maximum absolute atomic E-state index is 6.05. The highest BCUT2D eigenvalue weighted by Crippen LogP contribution is 2.31. The molecule has 1 aliphatic heterocycles. The van der Waals surface area contributed by atoms with Crippen molar-refractivity contribution in [1.29, 1.82) is 0 Å². The Morgan fingerprint density at radius 2 is 2.00 bits per heavy atom. The second-order valence-corrected chi connectivity index (χ2v) is 7.16. The molecule has 30 heavy (non-hydrogen) atoms. The second kappa shape index (κ2) is 8.03. The molecule has 0 aliphatic carbocycles. The van der Waals surface area contributed by atoms with Crippen LogP contribution in [0.2, 0.25) is 0 Å². The Morgan fingerprint density at radius 1 is 1.10 bits per heavy atom. The summed E-state index contributed by atoms with van der Waals surface area (Å²) < 4.78 is 12.1. The number of anilines is 2. The van der Waals surface area contributed by atoms with E-state index >= 15 is 0 Å². The van der Waals surface area contributed by atoms with Gasteiger partial charge in [0.2, 0.25) is 0 Å². The largest absolute Gasteiger partial charge is 0.486 e. The molecule has 0 unspecified atom stereocenters. The van der Waals surface area contributed by atoms with Crippen LogP contribution in [0.5, 0.6) is 5.75 Å². The zero-order valence-corrected chi connectivity index (χ0v) is 16.4. The lowest BCUT2D eigenvalue weighted by atomic mass is 10.0. The molecule has 1 fully saturated rings. The molecule has 5 heterocycles. The van der Waals surface area contributed by atoms with Gasteiger partial charge in [-0.2, -0.15) is 5.10 Å². The van der Waals surface area contributed by atoms with Gasteiger partial charge in [0.05, 0.1) is 29.5 Å². The number of hydrogen-bond donors (Lipinski definition) is 2. The van der Waals surface area contributed by atoms with Gasteiger partial charge in [0, 0.05) is 18.5 Å². The molecule has 2 N–H and O–H groups in total. The number of rotatable bonds is 5. The Morgan fingerprint density at radius 3 is 2.87 bits per heavy atom. The van der Waals surface area contributed by atoms with Crippen LogP contribution in [0.1, 0.15) is 30.3 Å². The number of fused-ring (bicyclic) bond motifs is 1. The molecule has 4 aromatic heterocycles. The first kappa shape index (κ1) is 18.4. The van der Waals surface area contributed by atoms with E-state index in [4.69, 9.17) is 9.47 Å². The summed E-state index contributed by atoms with van der Waals surface area (Å²) in [5.41, 5.74) is 2.44. The van der Waals surface area contributed by atoms with Crippen molar-refractivity contribution in [2.24, 2.45) is 0 Å². The highest BCUT2D eigenvalue weighted by atomic mass is 16.5. The summed E-state index contributed by atoms with van der Waals surface area (Å²) in [5.74, 6) is 2.14. The SMILES string of the molecule is Cc1ncccc1O[C@@H]1CC[C@H](c2cc(Nc3ncnc4ncccc34)n[nH]2)OC1. The number of aromatic nitrogens is 6. The average Bonchev–Trinajstić information content (AvgIpc) is 3.25. The van der Waals surface area contributed by atoms with Gasteiger partial charge >= 0.3 is 0 Å². The molecule has 0 aromatic carbocycles. The maximum atomic E-state index is 6.05. The van der Waals surface area contributed by atoms with E-state index < -0.39 is 0 Å². The van der Waals surface area contributed by atoms with Gasteiger partial charge in [-0.3, -0.25) is 10.1 Å². The predicted octanol–water partition coefficient (Wildman–Crippen LogP) is 3.49. The van der Waals surface area contributed by atoms with Crippen molar-refractivity contribution in [2.45, 2.75) is 32.0 Å². The van der Waals surface area contributed by atoms with Crippen LogP contribution >= 0.6 is 0 Å². The normalized spacial score (nSPS) is 19.0. The standard InChI is InChI=1S/C21H21N7O2/c1-13-17(5-3-8-22-13)30-14-6-7-18(29-11-14)16-10-19(28-27-16)26-21-15-4-2-9-23-20(15)24-12-25-21/h2-5,8-10,12,14,18H,6-7,11H2,1H3,(H2,23,24,25,26,27,28)/t14-,18-/m1/s1. The van der Waals surface area contributed by atoms with Crippen molar-refractivity contribution in [3.8, 4) is 5.75 Å². The summed E-state index contributed by atoms with van der Waals surface area (Å²) in [6, 6.07) is 9.54. The first-order valence-corrected chi connectivity index (χ1v) is 9.84. The average molecular weight is 403 g/mol. The van der Waals surface area contributed by atoms with Crippen LogP contribution in [-0.2, 0) is 4.74 Å². The van der Waals surface area contributed by atoms with Crippen LogP contribution < -0.4 is 10.1 Å². The van der Waals surface area contributed by atoms with Crippen LogP contribution in [0.3, 0.4) is 0 Å². The number of aromatic amines is 1. The van der Waals surface area contributed by atoms with Crippen LogP contribution in [0, 0.1) is 6.92 Å². The van der Waals surface area contributed by atoms with Crippen LogP contribution in [0.4, 0.5) is 11.6 Å². The summed E-state index contributed by atoms with van der Waals surface area (Å²) in [4.78, 5) is 17.0. The van der Waals surface area contributed by atoms with Crippen molar-refractivity contribution in [3.63, 3.8) is 0 Å². The molecule has 9 nitrogen and oxygen atoms in total. The zero-order valence-electron chi connectivity index (χ0n) is 16.4. The molecule has 0 amide bonds. The monoisotopic (exact) mass is 403 g/mol. The first-order chi connectivity index (χ1) is 14.8. The lowest BCUT2D eigenvalue weighted by Gasteiger charge is -2.29. The molecule has 1 aliphatic rings. The van der Waals surface area contributed by atoms with Crippen molar-refractivity contribution < 1.29 is 9.47 Å². The minimum absolute atomic E-state index is 0.0181. The molecule has 0 radical (unpaired) electrons. The number of nitrogens with one attached hydrogen (secondary N) is 2. The molecule has 9 heteroatoms. The third-order valence-corrected chi connectivity index (χ3v) is 5.09. The number of pyridine rings is 2. The van der Waals surface area contributed by atoms with Gasteiger partial charge in [-0.25, -0.2) is 15.0 Å². The molecule has 4 aromatic rings. The molecular formula is C21H21N7O2. The van der Waals surface area contributed by atoms with Gasteiger partial charge in [-0.1, -0.05) is 0 Å². The number of nitrogens with zero attached hydrogens (tertiary/aromatic N) is 5. The Hall–Kier alpha value is -3.59. The zero-order chi connectivity index (χ0) is 20.3. The molecule has 1 saturated heterocycles. The molecule has 0 spiro atoms. The van der Waals surface area contributed by atoms with Crippen molar-refractivity contribution in [3.05, 3.63) is 60.4 Å². The van der Waals surface area contributed by atoms with Crippen molar-refractivity contribution in [1.82, 2.24) is 30.1 Å². The fraction of sp³-hybridized carbons (Fsp3) is 0.286. The Kier molecular flexibility index (Phi) is 4.94. The smallest absolute Gasteiger partial charge is 0.164 e. The lowest BCUT2D eigenvalue weighted by molar-refractivity contribution is -0.0493. The molecule has 5 rings (SSSR count). The van der Waals surface area contributed by atoms with E-state index in [9.17, 15) is 0 Å². The fourth-order valence-electron chi connectivity index (χ4n) is 3.52. The summed E-state index contributed by atoms with van der Waals surface area (Å²) >= 11 is 0. The van der Waals surface area contributed by atoms with Gasteiger partial charge in [-0.05, 0) is 44.0 Å². The van der Waals surface area contributed by atoms with Crippen molar-refractivity contribution in [2.75, 3.05) is 11.9 Å². The van der Waals surface area contributed by atoms with E-state index in [1.165, 1.54) is 6.33 Å². The summed E-state index contributed by atoms with van der Waals surface area (Å²) in [6.07, 6.45) is 6.66. The summed E-state index contributed by atoms with van der Waals surface area (Å²) in [7, 11) is 0. The fourth-order valence-corrected chi connectivity index (χ4v) is 3.52. The van der Waals surface area contributed by atoms with Crippen LogP contribution in [-0.4, -0.2) is 42.8 Å². The van der Waals surface area contributed by atoms with Gasteiger partial charge < -0.3 is 14.8 Å². The van der Waals surface area contributed by atoms with Gasteiger partial charge in [-0.15, -0.1) is 0 Å². The molecule has 0 bridgehead atoms. The number of H-pyrrole nitrogens is 1. The predicted molar refractivity (Wildman–Crippen MR) is 111 cm³/mol. The van der Waals surface area contributed by atoms with Gasteiger partial charge in [0.25, 0.3) is 0 Å². The van der Waals surface area contributed by atoms with E-state index in [1.807, 2.05) is 37.3 Å². The topological polar surface area (TPSA) is 111 Å². The minimum Gasteiger partial charge on any atom is -0.486 e. The molecule has 2 atom stereocenters. The van der Waals surface area contributed by atoms with E-state index in [1.54, 1.807) is 12.4 Å². The van der Waals surface area contributed by atoms with Gasteiger partial charge in [0.15, 0.2) is 11.5 Å². The van der Waals surface area contributed by atoms with Crippen molar-refractivity contribution >= 4 is 22.7 Å². The van der Waals surface area contributed by atoms with Crippen LogP contribution in [0.15, 0.2) is 49.1 Å². The van der Waals surface area contributed by atoms with Gasteiger partial charge in [0.1, 0.15) is 24.0 Å². The number of aryl methyl sites for hydroxylation is 1. The lowest BCUT2D eigenvalue weighted by Crippen LogP contribution is -2.30. The first-order valence-electron chi connectivity index (χ1n) is 9.84. The Labute approximate surface area is 172 Å². The Bertz CT molecular complexity index is 1150. The molecular weight excluding hydrogens is 382 g/mol. The summed E-state index contributed by atoms with van der Waals surface area (Å²) in [6.45, 7) is 2.46. The van der Waals surface area contributed by atoms with E-state index in [0.717, 1.165) is 35.4 Å². The second-order valence-electron chi connectivity index (χ2n) is 7.16. The van der Waals surface area contributed by atoms with E-state index in [2.05, 4.69) is 35.5 Å². The number of ether oxygens (including phenoxy) is 2. The number of hydrogen-bond acceptors (Lipinski definition) is 8. The molecule has 0 saturated carbocycles. The molecule has 152 valence electrons. The van der Waals surface area contributed by atoms with Crippen LogP contribution in [0.25, 0.3) is 11.0 Å².